The molecule has 0 spiro atoms. The summed E-state index contributed by atoms with van der Waals surface area (Å²) in [6, 6.07) is 0. The van der Waals surface area contributed by atoms with E-state index in [-0.39, 0.29) is 0 Å². The second kappa shape index (κ2) is 2.01. The monoisotopic (exact) mass is 142 g/mol. The van der Waals surface area contributed by atoms with Gasteiger partial charge in [-0.25, -0.2) is 0 Å². The summed E-state index contributed by atoms with van der Waals surface area (Å²) in [6.45, 7) is 0. The number of hydrogen-bond donors (Lipinski definition) is 0. The molecule has 0 N–H and O–H groups in total. The quantitative estimate of drug-likeness (QED) is 0.511. The van der Waals surface area contributed by atoms with Gasteiger partial charge in [0.1, 0.15) is 5.78 Å². The molecule has 0 aromatic heterocycles. The first-order valence-electron chi connectivity index (χ1n) is 3.52. The molecule has 2 bridgehead atoms. The summed E-state index contributed by atoms with van der Waals surface area (Å²) in [4.78, 5) is 10.9. The summed E-state index contributed by atoms with van der Waals surface area (Å²) in [5, 5.41) is 1.41. The Balaban J connectivity index is 2.11. The average Bonchev–Trinajstić information content (AvgIpc) is 2.11. The van der Waals surface area contributed by atoms with Crippen molar-refractivity contribution in [3.63, 3.8) is 0 Å². The largest absolute Gasteiger partial charge is 0.300 e. The van der Waals surface area contributed by atoms with Crippen molar-refractivity contribution in [1.29, 1.82) is 0 Å². The van der Waals surface area contributed by atoms with E-state index in [2.05, 4.69) is 0 Å². The van der Waals surface area contributed by atoms with Gasteiger partial charge in [0.2, 0.25) is 0 Å². The lowest BCUT2D eigenvalue weighted by Crippen LogP contribution is -2.15. The molecule has 2 heteroatoms. The zero-order chi connectivity index (χ0) is 6.27. The summed E-state index contributed by atoms with van der Waals surface area (Å²) >= 11 is 2.04. The Bertz CT molecular complexity index is 130. The van der Waals surface area contributed by atoms with Gasteiger partial charge in [-0.1, -0.05) is 0 Å². The lowest BCUT2D eigenvalue weighted by atomic mass is 10.2. The zero-order valence-corrected chi connectivity index (χ0v) is 6.12. The van der Waals surface area contributed by atoms with Crippen molar-refractivity contribution in [3.05, 3.63) is 0 Å². The normalized spacial score (nSPS) is 41.6. The van der Waals surface area contributed by atoms with Crippen LogP contribution in [0.3, 0.4) is 0 Å². The molecule has 2 rings (SSSR count). The molecule has 2 atom stereocenters. The Morgan fingerprint density at radius 3 is 2.33 bits per heavy atom. The van der Waals surface area contributed by atoms with E-state index in [9.17, 15) is 4.79 Å². The average molecular weight is 142 g/mol. The molecule has 0 saturated carbocycles. The smallest absolute Gasteiger partial charge is 0.135 e. The van der Waals surface area contributed by atoms with Gasteiger partial charge in [-0.2, -0.15) is 11.8 Å². The molecule has 2 heterocycles. The Hall–Kier alpha value is 0.0200. The van der Waals surface area contributed by atoms with Gasteiger partial charge in [0.25, 0.3) is 0 Å². The van der Waals surface area contributed by atoms with Crippen molar-refractivity contribution < 1.29 is 4.79 Å². The molecular weight excluding hydrogens is 132 g/mol. The minimum absolute atomic E-state index is 0.501. The topological polar surface area (TPSA) is 17.1 Å². The molecule has 2 aliphatic heterocycles. The number of carbonyl (C=O) groups is 1. The number of hydrogen-bond acceptors (Lipinski definition) is 2. The molecule has 50 valence electrons. The highest BCUT2D eigenvalue weighted by molar-refractivity contribution is 8.00. The van der Waals surface area contributed by atoms with E-state index in [0.29, 0.717) is 16.3 Å². The van der Waals surface area contributed by atoms with Gasteiger partial charge in [0, 0.05) is 23.3 Å². The highest BCUT2D eigenvalue weighted by Crippen LogP contribution is 2.41. The summed E-state index contributed by atoms with van der Waals surface area (Å²) in [6.07, 6.45) is 4.31. The Labute approximate surface area is 59.2 Å². The second-order valence-corrected chi connectivity index (χ2v) is 4.51. The first-order chi connectivity index (χ1) is 4.34. The van der Waals surface area contributed by atoms with Gasteiger partial charge in [-0.05, 0) is 12.8 Å². The van der Waals surface area contributed by atoms with E-state index in [1.54, 1.807) is 0 Å². The molecule has 2 fully saturated rings. The van der Waals surface area contributed by atoms with Crippen molar-refractivity contribution in [3.8, 4) is 0 Å². The minimum Gasteiger partial charge on any atom is -0.300 e. The molecular formula is C7H10OS. The van der Waals surface area contributed by atoms with Crippen LogP contribution in [0.2, 0.25) is 0 Å². The van der Waals surface area contributed by atoms with Crippen LogP contribution in [0.1, 0.15) is 25.7 Å². The van der Waals surface area contributed by atoms with Crippen LogP contribution >= 0.6 is 11.8 Å². The van der Waals surface area contributed by atoms with Gasteiger partial charge in [-0.15, -0.1) is 0 Å². The molecule has 0 radical (unpaired) electrons. The summed E-state index contributed by atoms with van der Waals surface area (Å²) in [5.74, 6) is 0.501. The van der Waals surface area contributed by atoms with E-state index in [1.165, 1.54) is 12.8 Å². The van der Waals surface area contributed by atoms with Gasteiger partial charge >= 0.3 is 0 Å². The van der Waals surface area contributed by atoms with E-state index in [0.717, 1.165) is 12.8 Å². The van der Waals surface area contributed by atoms with Crippen LogP contribution in [0.4, 0.5) is 0 Å². The SMILES string of the molecule is O=C1CC2CCC(C1)S2. The van der Waals surface area contributed by atoms with E-state index in [1.807, 2.05) is 11.8 Å². The number of Topliss-reactive ketones (excluding diaryl/α,β-unsaturated/α-hetero) is 1. The lowest BCUT2D eigenvalue weighted by Gasteiger charge is -2.15. The molecule has 2 unspecified atom stereocenters. The summed E-state index contributed by atoms with van der Waals surface area (Å²) in [5.41, 5.74) is 0. The van der Waals surface area contributed by atoms with Crippen LogP contribution in [0.5, 0.6) is 0 Å². The maximum Gasteiger partial charge on any atom is 0.135 e. The van der Waals surface area contributed by atoms with Crippen LogP contribution in [0.25, 0.3) is 0 Å². The number of fused-ring (bicyclic) bond motifs is 2. The zero-order valence-electron chi connectivity index (χ0n) is 5.30. The second-order valence-electron chi connectivity index (χ2n) is 2.90. The van der Waals surface area contributed by atoms with Crippen molar-refractivity contribution >= 4 is 17.5 Å². The number of thioether (sulfide) groups is 1. The molecule has 1 nitrogen and oxygen atoms in total. The predicted molar refractivity (Wildman–Crippen MR) is 38.6 cm³/mol. The van der Waals surface area contributed by atoms with Crippen LogP contribution in [-0.2, 0) is 4.79 Å². The van der Waals surface area contributed by atoms with E-state index in [4.69, 9.17) is 0 Å². The van der Waals surface area contributed by atoms with Gasteiger partial charge in [0.15, 0.2) is 0 Å². The van der Waals surface area contributed by atoms with Crippen molar-refractivity contribution in [1.82, 2.24) is 0 Å². The molecule has 2 saturated heterocycles. The first kappa shape index (κ1) is 5.78. The van der Waals surface area contributed by atoms with Crippen molar-refractivity contribution in [2.45, 2.75) is 36.2 Å². The maximum atomic E-state index is 10.9. The van der Waals surface area contributed by atoms with Crippen LogP contribution in [-0.4, -0.2) is 16.3 Å². The van der Waals surface area contributed by atoms with Crippen LogP contribution in [0, 0.1) is 0 Å². The Morgan fingerprint density at radius 1 is 1.22 bits per heavy atom. The van der Waals surface area contributed by atoms with Crippen LogP contribution in [0.15, 0.2) is 0 Å². The van der Waals surface area contributed by atoms with Crippen LogP contribution < -0.4 is 0 Å². The standard InChI is InChI=1S/C7H10OS/c8-5-3-6-1-2-7(4-5)9-6/h6-7H,1-4H2. The molecule has 0 aromatic rings. The lowest BCUT2D eigenvalue weighted by molar-refractivity contribution is -0.118. The number of carbonyl (C=O) groups excluding carboxylic acids is 1. The van der Waals surface area contributed by atoms with E-state index >= 15 is 0 Å². The van der Waals surface area contributed by atoms with Crippen molar-refractivity contribution in [2.24, 2.45) is 0 Å². The third kappa shape index (κ3) is 1.00. The summed E-state index contributed by atoms with van der Waals surface area (Å²) in [7, 11) is 0. The maximum absolute atomic E-state index is 10.9. The molecule has 0 amide bonds. The highest BCUT2D eigenvalue weighted by atomic mass is 32.2. The van der Waals surface area contributed by atoms with Gasteiger partial charge < -0.3 is 0 Å². The highest BCUT2D eigenvalue weighted by Gasteiger charge is 2.33. The number of ketones is 1. The fraction of sp³-hybridized carbons (Fsp3) is 0.857. The third-order valence-electron chi connectivity index (χ3n) is 2.11. The molecule has 9 heavy (non-hydrogen) atoms. The van der Waals surface area contributed by atoms with Crippen molar-refractivity contribution in [2.75, 3.05) is 0 Å². The third-order valence-corrected chi connectivity index (χ3v) is 3.68. The Kier molecular flexibility index (Phi) is 1.29. The fourth-order valence-corrected chi connectivity index (χ4v) is 3.32. The van der Waals surface area contributed by atoms with E-state index < -0.39 is 0 Å². The van der Waals surface area contributed by atoms with Gasteiger partial charge in [-0.3, -0.25) is 4.79 Å². The summed E-state index contributed by atoms with van der Waals surface area (Å²) < 4.78 is 0. The number of rotatable bonds is 0. The van der Waals surface area contributed by atoms with Gasteiger partial charge in [0.05, 0.1) is 0 Å². The fourth-order valence-electron chi connectivity index (χ4n) is 1.67. The molecule has 2 aliphatic rings. The first-order valence-corrected chi connectivity index (χ1v) is 4.46. The minimum atomic E-state index is 0.501. The Morgan fingerprint density at radius 2 is 1.78 bits per heavy atom. The molecule has 0 aromatic carbocycles. The predicted octanol–water partition coefficient (Wildman–Crippen LogP) is 1.61. The molecule has 0 aliphatic carbocycles.